The van der Waals surface area contributed by atoms with Gasteiger partial charge in [0, 0.05) is 12.8 Å². The molecular formula is C21H30N4O8S. The van der Waals surface area contributed by atoms with E-state index in [1.165, 1.54) is 23.9 Å². The lowest BCUT2D eigenvalue weighted by Crippen LogP contribution is -2.56. The number of nitrogens with one attached hydrogen (secondary N) is 3. The number of phenols is 1. The first-order valence-electron chi connectivity index (χ1n) is 10.4. The highest BCUT2D eigenvalue weighted by Crippen LogP contribution is 2.12. The number of phenolic OH excluding ortho intramolecular Hbond substituents is 1. The number of carbonyl (C=O) groups is 5. The van der Waals surface area contributed by atoms with Crippen molar-refractivity contribution in [2.24, 2.45) is 5.73 Å². The zero-order valence-corrected chi connectivity index (χ0v) is 19.5. The first-order valence-corrected chi connectivity index (χ1v) is 11.8. The largest absolute Gasteiger partial charge is 0.508 e. The molecular weight excluding hydrogens is 468 g/mol. The van der Waals surface area contributed by atoms with Crippen LogP contribution in [0.3, 0.4) is 0 Å². The summed E-state index contributed by atoms with van der Waals surface area (Å²) in [6.45, 7) is -0.712. The Hall–Kier alpha value is -3.32. The van der Waals surface area contributed by atoms with E-state index in [1.807, 2.05) is 6.26 Å². The highest BCUT2D eigenvalue weighted by Gasteiger charge is 2.29. The fourth-order valence-electron chi connectivity index (χ4n) is 2.83. The number of rotatable bonds is 15. The zero-order valence-electron chi connectivity index (χ0n) is 18.7. The molecule has 0 aliphatic carbocycles. The quantitative estimate of drug-likeness (QED) is 0.158. The average molecular weight is 499 g/mol. The van der Waals surface area contributed by atoms with Crippen LogP contribution in [-0.2, 0) is 30.4 Å². The Kier molecular flexibility index (Phi) is 12.5. The summed E-state index contributed by atoms with van der Waals surface area (Å²) in [6, 6.07) is 2.54. The van der Waals surface area contributed by atoms with Crippen molar-refractivity contribution in [3.63, 3.8) is 0 Å². The van der Waals surface area contributed by atoms with Crippen LogP contribution < -0.4 is 21.7 Å². The highest BCUT2D eigenvalue weighted by atomic mass is 32.2. The van der Waals surface area contributed by atoms with Gasteiger partial charge in [-0.05, 0) is 42.5 Å². The van der Waals surface area contributed by atoms with E-state index in [9.17, 15) is 29.1 Å². The maximum absolute atomic E-state index is 13.0. The molecule has 0 aliphatic heterocycles. The van der Waals surface area contributed by atoms with Gasteiger partial charge >= 0.3 is 11.9 Å². The predicted molar refractivity (Wildman–Crippen MR) is 124 cm³/mol. The van der Waals surface area contributed by atoms with Crippen molar-refractivity contribution in [3.05, 3.63) is 29.8 Å². The summed E-state index contributed by atoms with van der Waals surface area (Å²) in [5.41, 5.74) is 6.48. The number of hydrogen-bond acceptors (Lipinski definition) is 8. The molecule has 188 valence electrons. The molecule has 0 radical (unpaired) electrons. The Morgan fingerprint density at radius 2 is 1.53 bits per heavy atom. The summed E-state index contributed by atoms with van der Waals surface area (Å²) in [5.74, 6) is -4.11. The maximum Gasteiger partial charge on any atom is 0.322 e. The number of aliphatic carboxylic acids is 2. The summed E-state index contributed by atoms with van der Waals surface area (Å²) in [6.07, 6.45) is 1.48. The van der Waals surface area contributed by atoms with E-state index in [1.54, 1.807) is 12.1 Å². The lowest BCUT2D eigenvalue weighted by atomic mass is 10.0. The lowest BCUT2D eigenvalue weighted by molar-refractivity contribution is -0.140. The van der Waals surface area contributed by atoms with Crippen molar-refractivity contribution in [2.75, 3.05) is 18.6 Å². The molecule has 1 rings (SSSR count). The predicted octanol–water partition coefficient (Wildman–Crippen LogP) is -0.950. The first-order chi connectivity index (χ1) is 16.0. The first kappa shape index (κ1) is 28.7. The topological polar surface area (TPSA) is 208 Å². The van der Waals surface area contributed by atoms with Gasteiger partial charge in [0.1, 0.15) is 24.4 Å². The van der Waals surface area contributed by atoms with Gasteiger partial charge in [0.25, 0.3) is 0 Å². The van der Waals surface area contributed by atoms with Crippen molar-refractivity contribution >= 4 is 41.4 Å². The molecule has 1 aromatic carbocycles. The van der Waals surface area contributed by atoms with Crippen LogP contribution in [0.4, 0.5) is 0 Å². The molecule has 3 unspecified atom stereocenters. The molecule has 0 saturated carbocycles. The Morgan fingerprint density at radius 3 is 2.09 bits per heavy atom. The minimum atomic E-state index is -1.34. The third-order valence-electron chi connectivity index (χ3n) is 4.67. The van der Waals surface area contributed by atoms with E-state index < -0.39 is 60.8 Å². The molecule has 1 aromatic rings. The second-order valence-corrected chi connectivity index (χ2v) is 8.41. The van der Waals surface area contributed by atoms with Crippen LogP contribution in [0.25, 0.3) is 0 Å². The molecule has 0 fully saturated rings. The van der Waals surface area contributed by atoms with Gasteiger partial charge in [0.15, 0.2) is 0 Å². The van der Waals surface area contributed by atoms with E-state index in [0.29, 0.717) is 17.7 Å². The van der Waals surface area contributed by atoms with Crippen LogP contribution in [0, 0.1) is 0 Å². The Balaban J connectivity index is 3.04. The van der Waals surface area contributed by atoms with Gasteiger partial charge in [-0.1, -0.05) is 12.1 Å². The Bertz CT molecular complexity index is 865. The summed E-state index contributed by atoms with van der Waals surface area (Å²) in [5, 5.41) is 34.2. The van der Waals surface area contributed by atoms with Crippen molar-refractivity contribution in [3.8, 4) is 5.75 Å². The van der Waals surface area contributed by atoms with Gasteiger partial charge < -0.3 is 37.0 Å². The fourth-order valence-corrected chi connectivity index (χ4v) is 3.32. The summed E-state index contributed by atoms with van der Waals surface area (Å²) in [7, 11) is 0. The van der Waals surface area contributed by atoms with Crippen molar-refractivity contribution < 1.29 is 39.3 Å². The second-order valence-electron chi connectivity index (χ2n) is 7.42. The Morgan fingerprint density at radius 1 is 0.912 bits per heavy atom. The second kappa shape index (κ2) is 14.8. The molecule has 0 spiro atoms. The van der Waals surface area contributed by atoms with Gasteiger partial charge in [-0.25, -0.2) is 0 Å². The van der Waals surface area contributed by atoms with Crippen molar-refractivity contribution in [2.45, 2.75) is 43.8 Å². The summed E-state index contributed by atoms with van der Waals surface area (Å²) in [4.78, 5) is 59.6. The van der Waals surface area contributed by atoms with Crippen LogP contribution in [0.2, 0.25) is 0 Å². The molecule has 0 aliphatic rings. The maximum atomic E-state index is 13.0. The molecule has 0 bridgehead atoms. The van der Waals surface area contributed by atoms with Gasteiger partial charge in [0.2, 0.25) is 17.7 Å². The third kappa shape index (κ3) is 11.0. The van der Waals surface area contributed by atoms with E-state index in [2.05, 4.69) is 16.0 Å². The fraction of sp³-hybridized carbons (Fsp3) is 0.476. The number of aromatic hydroxyl groups is 1. The van der Waals surface area contributed by atoms with E-state index in [-0.39, 0.29) is 18.6 Å². The van der Waals surface area contributed by atoms with Crippen molar-refractivity contribution in [1.29, 1.82) is 0 Å². The number of amides is 3. The molecule has 8 N–H and O–H groups in total. The molecule has 34 heavy (non-hydrogen) atoms. The molecule has 0 saturated heterocycles. The number of carboxylic acid groups (broad SMARTS) is 2. The van der Waals surface area contributed by atoms with E-state index in [0.717, 1.165) is 0 Å². The minimum absolute atomic E-state index is 0.00447. The minimum Gasteiger partial charge on any atom is -0.508 e. The zero-order chi connectivity index (χ0) is 25.7. The monoisotopic (exact) mass is 498 g/mol. The van der Waals surface area contributed by atoms with Crippen LogP contribution in [0.15, 0.2) is 24.3 Å². The third-order valence-corrected chi connectivity index (χ3v) is 5.32. The van der Waals surface area contributed by atoms with Gasteiger partial charge in [-0.3, -0.25) is 24.0 Å². The number of benzene rings is 1. The number of carbonyl (C=O) groups excluding carboxylic acids is 3. The normalized spacial score (nSPS) is 13.2. The number of hydrogen-bond donors (Lipinski definition) is 7. The van der Waals surface area contributed by atoms with E-state index >= 15 is 0 Å². The Labute approximate surface area is 200 Å². The van der Waals surface area contributed by atoms with E-state index in [4.69, 9.17) is 15.9 Å². The SMILES string of the molecule is CSCCC(N)C(=O)NC(Cc1ccc(O)cc1)C(=O)NC(CCC(=O)O)C(=O)NCC(=O)O. The molecule has 12 nitrogen and oxygen atoms in total. The van der Waals surface area contributed by atoms with Crippen LogP contribution in [0.1, 0.15) is 24.8 Å². The highest BCUT2D eigenvalue weighted by molar-refractivity contribution is 7.98. The van der Waals surface area contributed by atoms with Crippen LogP contribution in [0.5, 0.6) is 5.75 Å². The van der Waals surface area contributed by atoms with Crippen LogP contribution >= 0.6 is 11.8 Å². The number of nitrogens with two attached hydrogens (primary N) is 1. The molecule has 3 amide bonds. The molecule has 13 heteroatoms. The summed E-state index contributed by atoms with van der Waals surface area (Å²) >= 11 is 1.51. The smallest absolute Gasteiger partial charge is 0.322 e. The standard InChI is InChI=1S/C21H30N4O8S/c1-34-9-8-14(22)19(31)25-16(10-12-2-4-13(26)5-3-12)21(33)24-15(6-7-17(27)28)20(32)23-11-18(29)30/h2-5,14-16,26H,6-11,22H2,1H3,(H,23,32)(H,24,33)(H,25,31)(H,27,28)(H,29,30). The molecule has 0 heterocycles. The van der Waals surface area contributed by atoms with Gasteiger partial charge in [-0.2, -0.15) is 11.8 Å². The van der Waals surface area contributed by atoms with Crippen molar-refractivity contribution in [1.82, 2.24) is 16.0 Å². The van der Waals surface area contributed by atoms with Gasteiger partial charge in [-0.15, -0.1) is 0 Å². The lowest BCUT2D eigenvalue weighted by Gasteiger charge is -2.24. The molecule has 3 atom stereocenters. The number of carboxylic acids is 2. The average Bonchev–Trinajstić information content (AvgIpc) is 2.78. The number of thioether (sulfide) groups is 1. The van der Waals surface area contributed by atoms with Gasteiger partial charge in [0.05, 0.1) is 6.04 Å². The summed E-state index contributed by atoms with van der Waals surface area (Å²) < 4.78 is 0. The molecule has 0 aromatic heterocycles. The van der Waals surface area contributed by atoms with Crippen LogP contribution in [-0.4, -0.2) is 81.7 Å².